The SMILES string of the molecule is CC1(C)CC(c2cc3cc(C(=O)O)[nH]c3cn2)CCO1. The number of hydrogen-bond acceptors (Lipinski definition) is 3. The summed E-state index contributed by atoms with van der Waals surface area (Å²) in [5.41, 5.74) is 1.86. The van der Waals surface area contributed by atoms with E-state index in [4.69, 9.17) is 9.84 Å². The number of fused-ring (bicyclic) bond motifs is 1. The molecular weight excluding hydrogens is 256 g/mol. The van der Waals surface area contributed by atoms with Crippen LogP contribution in [-0.2, 0) is 4.74 Å². The van der Waals surface area contributed by atoms with Crippen molar-refractivity contribution in [1.29, 1.82) is 0 Å². The third kappa shape index (κ3) is 2.41. The highest BCUT2D eigenvalue weighted by atomic mass is 16.5. The normalized spacial score (nSPS) is 22.0. The summed E-state index contributed by atoms with van der Waals surface area (Å²) in [6.07, 6.45) is 3.61. The minimum absolute atomic E-state index is 0.121. The summed E-state index contributed by atoms with van der Waals surface area (Å²) in [5, 5.41) is 9.90. The molecular formula is C15H18N2O3. The Morgan fingerprint density at radius 3 is 3.00 bits per heavy atom. The van der Waals surface area contributed by atoms with E-state index in [1.165, 1.54) is 0 Å². The molecule has 2 aromatic rings. The van der Waals surface area contributed by atoms with Gasteiger partial charge < -0.3 is 14.8 Å². The molecule has 0 aromatic carbocycles. The van der Waals surface area contributed by atoms with Gasteiger partial charge in [0.25, 0.3) is 0 Å². The van der Waals surface area contributed by atoms with Gasteiger partial charge >= 0.3 is 5.97 Å². The Hall–Kier alpha value is -1.88. The molecule has 1 aliphatic rings. The Balaban J connectivity index is 1.94. The van der Waals surface area contributed by atoms with Crippen molar-refractivity contribution in [3.05, 3.63) is 29.7 Å². The van der Waals surface area contributed by atoms with Crippen LogP contribution in [0.3, 0.4) is 0 Å². The van der Waals surface area contributed by atoms with Gasteiger partial charge in [-0.05, 0) is 38.8 Å². The number of rotatable bonds is 2. The van der Waals surface area contributed by atoms with Crippen LogP contribution in [0.25, 0.3) is 10.9 Å². The molecule has 2 aromatic heterocycles. The van der Waals surface area contributed by atoms with Crippen LogP contribution in [0.1, 0.15) is 48.8 Å². The van der Waals surface area contributed by atoms with Gasteiger partial charge in [0.05, 0.1) is 17.3 Å². The first kappa shape index (κ1) is 13.1. The Kier molecular flexibility index (Phi) is 3.01. The Morgan fingerprint density at radius 2 is 2.30 bits per heavy atom. The second kappa shape index (κ2) is 4.59. The van der Waals surface area contributed by atoms with Crippen LogP contribution in [0.2, 0.25) is 0 Å². The maximum absolute atomic E-state index is 11.0. The maximum atomic E-state index is 11.0. The van der Waals surface area contributed by atoms with Crippen molar-refractivity contribution in [2.75, 3.05) is 6.61 Å². The summed E-state index contributed by atoms with van der Waals surface area (Å²) in [7, 11) is 0. The van der Waals surface area contributed by atoms with Crippen LogP contribution in [0.4, 0.5) is 0 Å². The van der Waals surface area contributed by atoms with Crippen LogP contribution < -0.4 is 0 Å². The number of carboxylic acids is 1. The molecule has 0 aliphatic carbocycles. The fraction of sp³-hybridized carbons (Fsp3) is 0.467. The molecule has 1 saturated heterocycles. The summed E-state index contributed by atoms with van der Waals surface area (Å²) >= 11 is 0. The van der Waals surface area contributed by atoms with Crippen LogP contribution in [-0.4, -0.2) is 33.3 Å². The van der Waals surface area contributed by atoms with Gasteiger partial charge in [0.2, 0.25) is 0 Å². The van der Waals surface area contributed by atoms with Crippen LogP contribution >= 0.6 is 0 Å². The summed E-state index contributed by atoms with van der Waals surface area (Å²) in [6, 6.07) is 3.65. The average molecular weight is 274 g/mol. The monoisotopic (exact) mass is 274 g/mol. The van der Waals surface area contributed by atoms with Crippen molar-refractivity contribution in [3.8, 4) is 0 Å². The quantitative estimate of drug-likeness (QED) is 0.882. The maximum Gasteiger partial charge on any atom is 0.352 e. The largest absolute Gasteiger partial charge is 0.477 e. The third-order valence-electron chi connectivity index (χ3n) is 3.87. The first-order chi connectivity index (χ1) is 9.44. The van der Waals surface area contributed by atoms with Crippen LogP contribution in [0.15, 0.2) is 18.3 Å². The number of H-pyrrole nitrogens is 1. The van der Waals surface area contributed by atoms with Crippen molar-refractivity contribution < 1.29 is 14.6 Å². The second-order valence-corrected chi connectivity index (χ2v) is 5.98. The van der Waals surface area contributed by atoms with Gasteiger partial charge in [0.1, 0.15) is 5.69 Å². The van der Waals surface area contributed by atoms with E-state index in [9.17, 15) is 4.79 Å². The number of aromatic amines is 1. The molecule has 0 spiro atoms. The van der Waals surface area contributed by atoms with Gasteiger partial charge in [-0.25, -0.2) is 4.79 Å². The molecule has 0 amide bonds. The molecule has 1 aliphatic heterocycles. The van der Waals surface area contributed by atoms with E-state index in [1.54, 1.807) is 12.3 Å². The highest BCUT2D eigenvalue weighted by molar-refractivity contribution is 5.93. The lowest BCUT2D eigenvalue weighted by molar-refractivity contribution is -0.0597. The van der Waals surface area contributed by atoms with E-state index in [0.29, 0.717) is 5.92 Å². The molecule has 5 heteroatoms. The van der Waals surface area contributed by atoms with Crippen molar-refractivity contribution in [2.45, 2.75) is 38.2 Å². The van der Waals surface area contributed by atoms with E-state index >= 15 is 0 Å². The second-order valence-electron chi connectivity index (χ2n) is 5.98. The zero-order valence-electron chi connectivity index (χ0n) is 11.6. The number of ether oxygens (including phenoxy) is 1. The number of nitrogens with one attached hydrogen (secondary N) is 1. The van der Waals surface area contributed by atoms with Gasteiger partial charge in [-0.15, -0.1) is 0 Å². The first-order valence-corrected chi connectivity index (χ1v) is 6.80. The van der Waals surface area contributed by atoms with Crippen LogP contribution in [0, 0.1) is 0 Å². The van der Waals surface area contributed by atoms with Gasteiger partial charge in [0, 0.05) is 23.6 Å². The number of carboxylic acid groups (broad SMARTS) is 1. The van der Waals surface area contributed by atoms with Gasteiger partial charge in [-0.3, -0.25) is 4.98 Å². The molecule has 106 valence electrons. The zero-order valence-corrected chi connectivity index (χ0v) is 11.6. The number of aromatic nitrogens is 2. The summed E-state index contributed by atoms with van der Waals surface area (Å²) in [6.45, 7) is 4.93. The van der Waals surface area contributed by atoms with E-state index in [2.05, 4.69) is 23.8 Å². The molecule has 0 saturated carbocycles. The van der Waals surface area contributed by atoms with Gasteiger partial charge in [-0.1, -0.05) is 0 Å². The fourth-order valence-corrected chi connectivity index (χ4v) is 2.87. The number of pyridine rings is 1. The van der Waals surface area contributed by atoms with Gasteiger partial charge in [0.15, 0.2) is 0 Å². The van der Waals surface area contributed by atoms with Crippen molar-refractivity contribution >= 4 is 16.9 Å². The lowest BCUT2D eigenvalue weighted by Crippen LogP contribution is -2.33. The molecule has 1 atom stereocenters. The molecule has 3 heterocycles. The minimum atomic E-state index is -0.949. The molecule has 1 unspecified atom stereocenters. The summed E-state index contributed by atoms with van der Waals surface area (Å²) in [5.74, 6) is -0.582. The average Bonchev–Trinajstić information content (AvgIpc) is 2.80. The Labute approximate surface area is 117 Å². The standard InChI is InChI=1S/C15H18N2O3/c1-15(2)7-9(3-4-20-15)11-5-10-6-12(14(18)19)17-13(10)8-16-11/h5-6,8-9,17H,3-4,7H2,1-2H3,(H,18,19). The molecule has 1 fully saturated rings. The van der Waals surface area contributed by atoms with Crippen molar-refractivity contribution in [3.63, 3.8) is 0 Å². The molecule has 5 nitrogen and oxygen atoms in total. The highest BCUT2D eigenvalue weighted by Crippen LogP contribution is 2.35. The first-order valence-electron chi connectivity index (χ1n) is 6.80. The van der Waals surface area contributed by atoms with E-state index < -0.39 is 5.97 Å². The smallest absolute Gasteiger partial charge is 0.352 e. The Bertz CT molecular complexity index is 660. The molecule has 20 heavy (non-hydrogen) atoms. The van der Waals surface area contributed by atoms with E-state index in [1.807, 2.05) is 6.07 Å². The number of hydrogen-bond donors (Lipinski definition) is 2. The van der Waals surface area contributed by atoms with Crippen LogP contribution in [0.5, 0.6) is 0 Å². The van der Waals surface area contributed by atoms with Crippen molar-refractivity contribution in [1.82, 2.24) is 9.97 Å². The lowest BCUT2D eigenvalue weighted by atomic mass is 9.86. The highest BCUT2D eigenvalue weighted by Gasteiger charge is 2.30. The predicted molar refractivity (Wildman–Crippen MR) is 75.1 cm³/mol. The number of nitrogens with zero attached hydrogens (tertiary/aromatic N) is 1. The molecule has 2 N–H and O–H groups in total. The van der Waals surface area contributed by atoms with E-state index in [-0.39, 0.29) is 11.3 Å². The Morgan fingerprint density at radius 1 is 1.50 bits per heavy atom. The molecule has 3 rings (SSSR count). The lowest BCUT2D eigenvalue weighted by Gasteiger charge is -2.35. The zero-order chi connectivity index (χ0) is 14.3. The minimum Gasteiger partial charge on any atom is -0.477 e. The van der Waals surface area contributed by atoms with E-state index in [0.717, 1.165) is 36.0 Å². The summed E-state index contributed by atoms with van der Waals surface area (Å²) < 4.78 is 5.73. The van der Waals surface area contributed by atoms with Gasteiger partial charge in [-0.2, -0.15) is 0 Å². The summed E-state index contributed by atoms with van der Waals surface area (Å²) in [4.78, 5) is 18.3. The number of carbonyl (C=O) groups is 1. The topological polar surface area (TPSA) is 75.2 Å². The molecule has 0 bridgehead atoms. The van der Waals surface area contributed by atoms with Crippen molar-refractivity contribution in [2.24, 2.45) is 0 Å². The number of aromatic carboxylic acids is 1. The predicted octanol–water partition coefficient (Wildman–Crippen LogP) is 2.93. The molecule has 0 radical (unpaired) electrons. The fourth-order valence-electron chi connectivity index (χ4n) is 2.87. The third-order valence-corrected chi connectivity index (χ3v) is 3.87.